The van der Waals surface area contributed by atoms with E-state index in [0.717, 1.165) is 22.2 Å². The summed E-state index contributed by atoms with van der Waals surface area (Å²) in [5.41, 5.74) is 2.37. The summed E-state index contributed by atoms with van der Waals surface area (Å²) < 4.78 is 5.28. The first kappa shape index (κ1) is 14.1. The Morgan fingerprint density at radius 3 is 2.77 bits per heavy atom. The molecule has 1 N–H and O–H groups in total. The van der Waals surface area contributed by atoms with E-state index in [9.17, 15) is 4.79 Å². The number of ether oxygens (including phenoxy) is 1. The van der Waals surface area contributed by atoms with Crippen LogP contribution in [0.5, 0.6) is 5.75 Å². The molecule has 4 heteroatoms. The van der Waals surface area contributed by atoms with Crippen molar-refractivity contribution in [3.05, 3.63) is 71.9 Å². The van der Waals surface area contributed by atoms with Crippen molar-refractivity contribution in [2.75, 3.05) is 7.11 Å². The Morgan fingerprint density at radius 2 is 1.91 bits per heavy atom. The van der Waals surface area contributed by atoms with E-state index < -0.39 is 0 Å². The lowest BCUT2D eigenvalue weighted by molar-refractivity contribution is 0.0950. The molecular weight excluding hydrogens is 276 g/mol. The van der Waals surface area contributed by atoms with Gasteiger partial charge in [-0.2, -0.15) is 0 Å². The molecule has 0 saturated heterocycles. The summed E-state index contributed by atoms with van der Waals surface area (Å²) in [7, 11) is 1.62. The maximum atomic E-state index is 12.3. The molecule has 0 radical (unpaired) electrons. The molecule has 0 aliphatic rings. The Balaban J connectivity index is 1.75. The van der Waals surface area contributed by atoms with Gasteiger partial charge in [0.2, 0.25) is 0 Å². The molecule has 3 rings (SSSR count). The topological polar surface area (TPSA) is 51.2 Å². The molecule has 1 heterocycles. The van der Waals surface area contributed by atoms with Crippen molar-refractivity contribution in [2.45, 2.75) is 6.54 Å². The Kier molecular flexibility index (Phi) is 4.01. The number of carbonyl (C=O) groups excluding carboxylic acids is 1. The van der Waals surface area contributed by atoms with Gasteiger partial charge in [0, 0.05) is 23.7 Å². The number of rotatable bonds is 4. The number of methoxy groups -OCH3 is 1. The number of pyridine rings is 1. The summed E-state index contributed by atoms with van der Waals surface area (Å²) in [6.45, 7) is 0.412. The van der Waals surface area contributed by atoms with E-state index >= 15 is 0 Å². The van der Waals surface area contributed by atoms with Gasteiger partial charge in [0.05, 0.1) is 18.2 Å². The Morgan fingerprint density at radius 1 is 1.14 bits per heavy atom. The SMILES string of the molecule is COc1ccccc1CNC(=O)c1cnc2ccccc2c1. The van der Waals surface area contributed by atoms with E-state index in [0.29, 0.717) is 12.1 Å². The highest BCUT2D eigenvalue weighted by Crippen LogP contribution is 2.17. The minimum atomic E-state index is -0.149. The molecule has 1 aromatic heterocycles. The smallest absolute Gasteiger partial charge is 0.253 e. The Labute approximate surface area is 128 Å². The van der Waals surface area contributed by atoms with E-state index in [1.165, 1.54) is 0 Å². The lowest BCUT2D eigenvalue weighted by Gasteiger charge is -2.09. The number of amides is 1. The zero-order chi connectivity index (χ0) is 15.4. The summed E-state index contributed by atoms with van der Waals surface area (Å²) in [5.74, 6) is 0.614. The van der Waals surface area contributed by atoms with Gasteiger partial charge in [0.25, 0.3) is 5.91 Å². The lowest BCUT2D eigenvalue weighted by Crippen LogP contribution is -2.23. The zero-order valence-corrected chi connectivity index (χ0v) is 12.2. The van der Waals surface area contributed by atoms with Gasteiger partial charge in [0.15, 0.2) is 0 Å². The number of benzene rings is 2. The average Bonchev–Trinajstić information content (AvgIpc) is 2.59. The van der Waals surface area contributed by atoms with Gasteiger partial charge in [-0.3, -0.25) is 9.78 Å². The molecule has 0 fully saturated rings. The van der Waals surface area contributed by atoms with E-state index in [2.05, 4.69) is 10.3 Å². The lowest BCUT2D eigenvalue weighted by atomic mass is 10.1. The highest BCUT2D eigenvalue weighted by Gasteiger charge is 2.08. The van der Waals surface area contributed by atoms with Crippen molar-refractivity contribution in [1.82, 2.24) is 10.3 Å². The van der Waals surface area contributed by atoms with Gasteiger partial charge in [-0.1, -0.05) is 36.4 Å². The number of aromatic nitrogens is 1. The van der Waals surface area contributed by atoms with Crippen molar-refractivity contribution in [2.24, 2.45) is 0 Å². The van der Waals surface area contributed by atoms with Gasteiger partial charge in [-0.05, 0) is 18.2 Å². The zero-order valence-electron chi connectivity index (χ0n) is 12.2. The highest BCUT2D eigenvalue weighted by molar-refractivity contribution is 5.97. The van der Waals surface area contributed by atoms with Crippen molar-refractivity contribution < 1.29 is 9.53 Å². The van der Waals surface area contributed by atoms with Crippen LogP contribution in [0.25, 0.3) is 10.9 Å². The number of hydrogen-bond acceptors (Lipinski definition) is 3. The second-order valence-corrected chi connectivity index (χ2v) is 4.91. The van der Waals surface area contributed by atoms with Gasteiger partial charge >= 0.3 is 0 Å². The Bertz CT molecular complexity index is 815. The molecule has 0 bridgehead atoms. The van der Waals surface area contributed by atoms with Crippen molar-refractivity contribution in [1.29, 1.82) is 0 Å². The molecule has 0 aliphatic heterocycles. The number of para-hydroxylation sites is 2. The van der Waals surface area contributed by atoms with Crippen LogP contribution in [0, 0.1) is 0 Å². The summed E-state index contributed by atoms with van der Waals surface area (Å²) in [4.78, 5) is 16.6. The number of carbonyl (C=O) groups is 1. The van der Waals surface area contributed by atoms with E-state index in [-0.39, 0.29) is 5.91 Å². The first-order valence-electron chi connectivity index (χ1n) is 7.03. The van der Waals surface area contributed by atoms with Crippen molar-refractivity contribution >= 4 is 16.8 Å². The summed E-state index contributed by atoms with van der Waals surface area (Å²) in [6, 6.07) is 17.2. The van der Waals surface area contributed by atoms with Crippen LogP contribution < -0.4 is 10.1 Å². The third kappa shape index (κ3) is 2.91. The fourth-order valence-electron chi connectivity index (χ4n) is 2.32. The molecular formula is C18H16N2O2. The summed E-state index contributed by atoms with van der Waals surface area (Å²) >= 11 is 0. The van der Waals surface area contributed by atoms with E-state index in [1.54, 1.807) is 13.3 Å². The molecule has 22 heavy (non-hydrogen) atoms. The third-order valence-electron chi connectivity index (χ3n) is 3.48. The fraction of sp³-hybridized carbons (Fsp3) is 0.111. The van der Waals surface area contributed by atoms with Crippen molar-refractivity contribution in [3.63, 3.8) is 0 Å². The predicted octanol–water partition coefficient (Wildman–Crippen LogP) is 3.17. The van der Waals surface area contributed by atoms with Crippen molar-refractivity contribution in [3.8, 4) is 5.75 Å². The molecule has 110 valence electrons. The van der Waals surface area contributed by atoms with Gasteiger partial charge in [-0.25, -0.2) is 0 Å². The summed E-state index contributed by atoms with van der Waals surface area (Å²) in [6.07, 6.45) is 1.60. The predicted molar refractivity (Wildman–Crippen MR) is 85.9 cm³/mol. The molecule has 0 saturated carbocycles. The molecule has 0 aliphatic carbocycles. The van der Waals surface area contributed by atoms with Gasteiger partial charge in [0.1, 0.15) is 5.75 Å². The first-order chi connectivity index (χ1) is 10.8. The molecule has 3 aromatic rings. The Hall–Kier alpha value is -2.88. The number of nitrogens with zero attached hydrogens (tertiary/aromatic N) is 1. The fourth-order valence-corrected chi connectivity index (χ4v) is 2.32. The maximum Gasteiger partial charge on any atom is 0.253 e. The minimum Gasteiger partial charge on any atom is -0.496 e. The van der Waals surface area contributed by atoms with Gasteiger partial charge in [-0.15, -0.1) is 0 Å². The van der Waals surface area contributed by atoms with Crippen LogP contribution in [0.4, 0.5) is 0 Å². The standard InChI is InChI=1S/C18H16N2O2/c1-22-17-9-5-3-7-14(17)11-20-18(21)15-10-13-6-2-4-8-16(13)19-12-15/h2-10,12H,11H2,1H3,(H,20,21). The quantitative estimate of drug-likeness (QED) is 0.803. The van der Waals surface area contributed by atoms with Crippen LogP contribution in [-0.4, -0.2) is 18.0 Å². The number of nitrogens with one attached hydrogen (secondary N) is 1. The second-order valence-electron chi connectivity index (χ2n) is 4.91. The third-order valence-corrected chi connectivity index (χ3v) is 3.48. The monoisotopic (exact) mass is 292 g/mol. The van der Waals surface area contributed by atoms with E-state index in [4.69, 9.17) is 4.74 Å². The van der Waals surface area contributed by atoms with Gasteiger partial charge < -0.3 is 10.1 Å². The van der Waals surface area contributed by atoms with Crippen LogP contribution >= 0.6 is 0 Å². The van der Waals surface area contributed by atoms with Crippen LogP contribution in [0.2, 0.25) is 0 Å². The number of hydrogen-bond donors (Lipinski definition) is 1. The largest absolute Gasteiger partial charge is 0.496 e. The first-order valence-corrected chi connectivity index (χ1v) is 7.03. The van der Waals surface area contributed by atoms with Crippen LogP contribution in [0.3, 0.4) is 0 Å². The molecule has 0 atom stereocenters. The molecule has 4 nitrogen and oxygen atoms in total. The summed E-state index contributed by atoms with van der Waals surface area (Å²) in [5, 5.41) is 3.85. The average molecular weight is 292 g/mol. The second kappa shape index (κ2) is 6.26. The number of fused-ring (bicyclic) bond motifs is 1. The molecule has 0 unspecified atom stereocenters. The molecule has 1 amide bonds. The maximum absolute atomic E-state index is 12.3. The normalized spacial score (nSPS) is 10.4. The van der Waals surface area contributed by atoms with Crippen LogP contribution in [0.15, 0.2) is 60.8 Å². The minimum absolute atomic E-state index is 0.149. The van der Waals surface area contributed by atoms with Crippen LogP contribution in [0.1, 0.15) is 15.9 Å². The molecule has 2 aromatic carbocycles. The highest BCUT2D eigenvalue weighted by atomic mass is 16.5. The molecule has 0 spiro atoms. The van der Waals surface area contributed by atoms with Crippen LogP contribution in [-0.2, 0) is 6.54 Å². The van der Waals surface area contributed by atoms with E-state index in [1.807, 2.05) is 54.6 Å².